The molecule has 1 aromatic carbocycles. The number of rotatable bonds is 6. The molecule has 0 aliphatic carbocycles. The van der Waals surface area contributed by atoms with Crippen LogP contribution in [0.2, 0.25) is 5.02 Å². The van der Waals surface area contributed by atoms with Gasteiger partial charge in [0, 0.05) is 50.3 Å². The Hall–Kier alpha value is -0.660. The van der Waals surface area contributed by atoms with E-state index in [1.807, 2.05) is 12.1 Å². The van der Waals surface area contributed by atoms with Gasteiger partial charge in [-0.2, -0.15) is 0 Å². The van der Waals surface area contributed by atoms with Gasteiger partial charge in [0.1, 0.15) is 0 Å². The first kappa shape index (κ1) is 17.7. The van der Waals surface area contributed by atoms with Crippen molar-refractivity contribution in [1.29, 1.82) is 0 Å². The van der Waals surface area contributed by atoms with E-state index in [0.717, 1.165) is 37.7 Å². The Labute approximate surface area is 138 Å². The third kappa shape index (κ3) is 5.52. The lowest BCUT2D eigenvalue weighted by molar-refractivity contribution is 0.104. The Balaban J connectivity index is 1.78. The van der Waals surface area contributed by atoms with E-state index < -0.39 is 10.0 Å². The quantitative estimate of drug-likeness (QED) is 0.850. The lowest BCUT2D eigenvalue weighted by Gasteiger charge is -2.38. The minimum absolute atomic E-state index is 0.369. The zero-order chi connectivity index (χ0) is 16.2. The molecule has 1 heterocycles. The fraction of sp³-hybridized carbons (Fsp3) is 0.600. The van der Waals surface area contributed by atoms with E-state index in [9.17, 15) is 8.42 Å². The number of nitrogens with zero attached hydrogens (tertiary/aromatic N) is 2. The zero-order valence-electron chi connectivity index (χ0n) is 13.1. The molecule has 2 rings (SSSR count). The first-order valence-electron chi connectivity index (χ1n) is 7.51. The maximum atomic E-state index is 11.0. The van der Waals surface area contributed by atoms with E-state index in [-0.39, 0.29) is 0 Å². The molecule has 0 amide bonds. The van der Waals surface area contributed by atoms with E-state index in [1.165, 1.54) is 11.8 Å². The van der Waals surface area contributed by atoms with Crippen LogP contribution in [0.1, 0.15) is 18.5 Å². The van der Waals surface area contributed by atoms with Crippen LogP contribution in [0.5, 0.6) is 0 Å². The maximum Gasteiger partial charge on any atom is 0.208 e. The molecular formula is C15H24ClN3O2S. The minimum Gasteiger partial charge on any atom is -0.299 e. The molecule has 5 nitrogen and oxygen atoms in total. The highest BCUT2D eigenvalue weighted by Crippen LogP contribution is 2.22. The first-order valence-corrected chi connectivity index (χ1v) is 9.78. The van der Waals surface area contributed by atoms with Gasteiger partial charge < -0.3 is 0 Å². The summed E-state index contributed by atoms with van der Waals surface area (Å²) in [5, 5.41) is 0.763. The second-order valence-corrected chi connectivity index (χ2v) is 8.04. The summed E-state index contributed by atoms with van der Waals surface area (Å²) in [6.45, 7) is 7.35. The van der Waals surface area contributed by atoms with E-state index >= 15 is 0 Å². The van der Waals surface area contributed by atoms with Crippen molar-refractivity contribution in [1.82, 2.24) is 14.5 Å². The van der Waals surface area contributed by atoms with Crippen LogP contribution in [-0.4, -0.2) is 63.7 Å². The highest BCUT2D eigenvalue weighted by Gasteiger charge is 2.21. The van der Waals surface area contributed by atoms with Gasteiger partial charge in [0.2, 0.25) is 10.0 Å². The minimum atomic E-state index is -3.09. The standard InChI is InChI=1S/C15H24ClN3O2S/c1-13(14-3-5-15(16)6-4-14)19-11-9-18(10-12-19)8-7-17-22(2,20)21/h3-6,13,17H,7-12H2,1-2H3/t13-/m0/s1. The second-order valence-electron chi connectivity index (χ2n) is 5.77. The predicted octanol–water partition coefficient (Wildman–Crippen LogP) is 1.57. The lowest BCUT2D eigenvalue weighted by Crippen LogP contribution is -2.48. The van der Waals surface area contributed by atoms with Crippen LogP contribution in [0.15, 0.2) is 24.3 Å². The van der Waals surface area contributed by atoms with Crippen molar-refractivity contribution in [2.45, 2.75) is 13.0 Å². The molecule has 1 aliphatic rings. The summed E-state index contributed by atoms with van der Waals surface area (Å²) in [4.78, 5) is 4.74. The molecule has 1 atom stereocenters. The highest BCUT2D eigenvalue weighted by molar-refractivity contribution is 7.88. The van der Waals surface area contributed by atoms with Crippen molar-refractivity contribution in [3.8, 4) is 0 Å². The van der Waals surface area contributed by atoms with Crippen molar-refractivity contribution in [3.05, 3.63) is 34.9 Å². The molecule has 1 aromatic rings. The molecule has 1 aliphatic heterocycles. The van der Waals surface area contributed by atoms with Gasteiger partial charge in [0.05, 0.1) is 6.26 Å². The highest BCUT2D eigenvalue weighted by atomic mass is 35.5. The molecule has 1 fully saturated rings. The fourth-order valence-electron chi connectivity index (χ4n) is 2.72. The van der Waals surface area contributed by atoms with E-state index in [4.69, 9.17) is 11.6 Å². The van der Waals surface area contributed by atoms with Gasteiger partial charge in [0.15, 0.2) is 0 Å². The largest absolute Gasteiger partial charge is 0.299 e. The number of piperazine rings is 1. The van der Waals surface area contributed by atoms with Gasteiger partial charge >= 0.3 is 0 Å². The van der Waals surface area contributed by atoms with Crippen LogP contribution >= 0.6 is 11.6 Å². The molecule has 0 unspecified atom stereocenters. The Bertz CT molecular complexity index is 569. The summed E-state index contributed by atoms with van der Waals surface area (Å²) in [7, 11) is -3.09. The molecule has 0 spiro atoms. The molecule has 0 radical (unpaired) electrons. The third-order valence-corrected chi connectivity index (χ3v) is 5.08. The van der Waals surface area contributed by atoms with Crippen molar-refractivity contribution in [2.24, 2.45) is 0 Å². The smallest absolute Gasteiger partial charge is 0.208 e. The average Bonchev–Trinajstić information content (AvgIpc) is 2.47. The molecule has 124 valence electrons. The van der Waals surface area contributed by atoms with Crippen LogP contribution < -0.4 is 4.72 Å². The predicted molar refractivity (Wildman–Crippen MR) is 90.7 cm³/mol. The van der Waals surface area contributed by atoms with Crippen LogP contribution in [0, 0.1) is 0 Å². The molecule has 1 saturated heterocycles. The normalized spacial score (nSPS) is 19.2. The number of hydrogen-bond acceptors (Lipinski definition) is 4. The molecular weight excluding hydrogens is 322 g/mol. The van der Waals surface area contributed by atoms with E-state index in [0.29, 0.717) is 12.6 Å². The maximum absolute atomic E-state index is 11.0. The van der Waals surface area contributed by atoms with E-state index in [2.05, 4.69) is 33.6 Å². The molecule has 7 heteroatoms. The Morgan fingerprint density at radius 1 is 1.18 bits per heavy atom. The summed E-state index contributed by atoms with van der Waals surface area (Å²) in [5.74, 6) is 0. The molecule has 0 aromatic heterocycles. The van der Waals surface area contributed by atoms with Gasteiger partial charge in [-0.25, -0.2) is 13.1 Å². The summed E-state index contributed by atoms with van der Waals surface area (Å²) in [5.41, 5.74) is 1.27. The second kappa shape index (κ2) is 7.75. The summed E-state index contributed by atoms with van der Waals surface area (Å²) < 4.78 is 24.6. The van der Waals surface area contributed by atoms with Gasteiger partial charge in [-0.1, -0.05) is 23.7 Å². The lowest BCUT2D eigenvalue weighted by atomic mass is 10.1. The van der Waals surface area contributed by atoms with Crippen LogP contribution in [0.3, 0.4) is 0 Å². The van der Waals surface area contributed by atoms with Gasteiger partial charge in [0.25, 0.3) is 0 Å². The molecule has 22 heavy (non-hydrogen) atoms. The zero-order valence-corrected chi connectivity index (χ0v) is 14.7. The van der Waals surface area contributed by atoms with Crippen LogP contribution in [0.4, 0.5) is 0 Å². The molecule has 0 bridgehead atoms. The topological polar surface area (TPSA) is 52.6 Å². The van der Waals surface area contributed by atoms with Crippen molar-refractivity contribution >= 4 is 21.6 Å². The van der Waals surface area contributed by atoms with Gasteiger partial charge in [-0.3, -0.25) is 9.80 Å². The van der Waals surface area contributed by atoms with E-state index in [1.54, 1.807) is 0 Å². The summed E-state index contributed by atoms with van der Waals surface area (Å²) >= 11 is 5.93. The SMILES string of the molecule is C[C@@H](c1ccc(Cl)cc1)N1CCN(CCNS(C)(=O)=O)CC1. The number of halogens is 1. The van der Waals surface area contributed by atoms with Gasteiger partial charge in [-0.05, 0) is 24.6 Å². The Morgan fingerprint density at radius 2 is 1.77 bits per heavy atom. The third-order valence-electron chi connectivity index (χ3n) is 4.10. The summed E-state index contributed by atoms with van der Waals surface area (Å²) in [6.07, 6.45) is 1.19. The first-order chi connectivity index (χ1) is 10.3. The average molecular weight is 346 g/mol. The van der Waals surface area contributed by atoms with Crippen molar-refractivity contribution < 1.29 is 8.42 Å². The Morgan fingerprint density at radius 3 is 2.32 bits per heavy atom. The van der Waals surface area contributed by atoms with Gasteiger partial charge in [-0.15, -0.1) is 0 Å². The fourth-order valence-corrected chi connectivity index (χ4v) is 3.30. The van der Waals surface area contributed by atoms with Crippen LogP contribution in [0.25, 0.3) is 0 Å². The monoisotopic (exact) mass is 345 g/mol. The molecule has 0 saturated carbocycles. The Kier molecular flexibility index (Phi) is 6.23. The molecule has 1 N–H and O–H groups in total. The van der Waals surface area contributed by atoms with Crippen molar-refractivity contribution in [3.63, 3.8) is 0 Å². The number of hydrogen-bond donors (Lipinski definition) is 1. The summed E-state index contributed by atoms with van der Waals surface area (Å²) in [6, 6.07) is 8.39. The van der Waals surface area contributed by atoms with Crippen molar-refractivity contribution in [2.75, 3.05) is 45.5 Å². The number of benzene rings is 1. The number of sulfonamides is 1. The van der Waals surface area contributed by atoms with Crippen LogP contribution in [-0.2, 0) is 10.0 Å². The number of nitrogens with one attached hydrogen (secondary N) is 1.